The molecule has 1 nitrogen and oxygen atoms in total. The Balaban J connectivity index is 3.56. The first-order chi connectivity index (χ1) is 4.45. The van der Waals surface area contributed by atoms with Crippen LogP contribution in [0.15, 0.2) is 12.7 Å². The second kappa shape index (κ2) is 4.04. The molecule has 0 saturated carbocycles. The van der Waals surface area contributed by atoms with Gasteiger partial charge in [-0.3, -0.25) is 0 Å². The third-order valence-electron chi connectivity index (χ3n) is 0.816. The zero-order valence-corrected chi connectivity index (χ0v) is 8.16. The Morgan fingerprint density at radius 2 is 2.00 bits per heavy atom. The van der Waals surface area contributed by atoms with E-state index < -0.39 is 0 Å². The lowest BCUT2D eigenvalue weighted by Crippen LogP contribution is -2.19. The Bertz CT molecular complexity index is 104. The summed E-state index contributed by atoms with van der Waals surface area (Å²) in [7, 11) is 2.08. The van der Waals surface area contributed by atoms with Crippen molar-refractivity contribution in [1.29, 1.82) is 0 Å². The summed E-state index contributed by atoms with van der Waals surface area (Å²) in [5.74, 6) is 0. The SMILES string of the molecule is C=CCN(C)SC(C)(C)C. The van der Waals surface area contributed by atoms with Gasteiger partial charge >= 0.3 is 0 Å². The fraction of sp³-hybridized carbons (Fsp3) is 0.750. The van der Waals surface area contributed by atoms with Crippen molar-refractivity contribution in [3.05, 3.63) is 12.7 Å². The number of hydrogen-bond acceptors (Lipinski definition) is 2. The Kier molecular flexibility index (Phi) is 4.06. The lowest BCUT2D eigenvalue weighted by molar-refractivity contribution is 0.613. The summed E-state index contributed by atoms with van der Waals surface area (Å²) >= 11 is 1.84. The minimum Gasteiger partial charge on any atom is -0.249 e. The summed E-state index contributed by atoms with van der Waals surface area (Å²) in [6.07, 6.45) is 1.92. The highest BCUT2D eigenvalue weighted by molar-refractivity contribution is 7.98. The molecule has 0 unspecified atom stereocenters. The number of hydrogen-bond donors (Lipinski definition) is 0. The van der Waals surface area contributed by atoms with Crippen molar-refractivity contribution in [1.82, 2.24) is 4.31 Å². The van der Waals surface area contributed by atoms with E-state index in [1.807, 2.05) is 18.0 Å². The van der Waals surface area contributed by atoms with Crippen molar-refractivity contribution in [3.8, 4) is 0 Å². The van der Waals surface area contributed by atoms with Gasteiger partial charge in [0.05, 0.1) is 0 Å². The van der Waals surface area contributed by atoms with Crippen LogP contribution in [-0.2, 0) is 0 Å². The second-order valence-corrected chi connectivity index (χ2v) is 5.33. The molecule has 0 saturated heterocycles. The van der Waals surface area contributed by atoms with Gasteiger partial charge in [-0.1, -0.05) is 18.0 Å². The van der Waals surface area contributed by atoms with E-state index in [1.165, 1.54) is 0 Å². The normalized spacial score (nSPS) is 12.1. The van der Waals surface area contributed by atoms with Gasteiger partial charge in [0.1, 0.15) is 0 Å². The van der Waals surface area contributed by atoms with Crippen LogP contribution >= 0.6 is 11.9 Å². The van der Waals surface area contributed by atoms with Gasteiger partial charge in [-0.05, 0) is 27.8 Å². The molecule has 0 N–H and O–H groups in total. The van der Waals surface area contributed by atoms with Gasteiger partial charge in [0.25, 0.3) is 0 Å². The Hall–Kier alpha value is 0.0500. The van der Waals surface area contributed by atoms with Crippen LogP contribution in [0.5, 0.6) is 0 Å². The predicted molar refractivity (Wildman–Crippen MR) is 50.2 cm³/mol. The van der Waals surface area contributed by atoms with E-state index >= 15 is 0 Å². The van der Waals surface area contributed by atoms with E-state index in [9.17, 15) is 0 Å². The van der Waals surface area contributed by atoms with Gasteiger partial charge in [-0.15, -0.1) is 6.58 Å². The van der Waals surface area contributed by atoms with Gasteiger partial charge < -0.3 is 0 Å². The van der Waals surface area contributed by atoms with E-state index in [2.05, 4.69) is 38.7 Å². The number of likely N-dealkylation sites (N-methyl/N-ethyl adjacent to an activating group) is 1. The minimum atomic E-state index is 0.317. The summed E-state index contributed by atoms with van der Waals surface area (Å²) in [6.45, 7) is 11.2. The summed E-state index contributed by atoms with van der Waals surface area (Å²) in [4.78, 5) is 0. The zero-order chi connectivity index (χ0) is 8.20. The summed E-state index contributed by atoms with van der Waals surface area (Å²) in [5.41, 5.74) is 0. The predicted octanol–water partition coefficient (Wildman–Crippen LogP) is 2.55. The molecular weight excluding hydrogens is 142 g/mol. The topological polar surface area (TPSA) is 3.24 Å². The van der Waals surface area contributed by atoms with Crippen LogP contribution in [0.1, 0.15) is 20.8 Å². The van der Waals surface area contributed by atoms with Crippen molar-refractivity contribution in [2.75, 3.05) is 13.6 Å². The number of nitrogens with zero attached hydrogens (tertiary/aromatic N) is 1. The molecule has 0 fully saturated rings. The van der Waals surface area contributed by atoms with Crippen LogP contribution < -0.4 is 0 Å². The smallest absolute Gasteiger partial charge is 0.0264 e. The van der Waals surface area contributed by atoms with E-state index in [1.54, 1.807) is 0 Å². The van der Waals surface area contributed by atoms with Gasteiger partial charge in [0.2, 0.25) is 0 Å². The van der Waals surface area contributed by atoms with Crippen LogP contribution in [0.4, 0.5) is 0 Å². The molecular formula is C8H17NS. The van der Waals surface area contributed by atoms with Crippen LogP contribution in [0.25, 0.3) is 0 Å². The third kappa shape index (κ3) is 6.17. The summed E-state index contributed by atoms with van der Waals surface area (Å²) in [5, 5.41) is 0. The molecule has 0 bridgehead atoms. The van der Waals surface area contributed by atoms with Crippen molar-refractivity contribution in [2.45, 2.75) is 25.5 Å². The number of rotatable bonds is 3. The van der Waals surface area contributed by atoms with E-state index in [0.29, 0.717) is 4.75 Å². The first-order valence-electron chi connectivity index (χ1n) is 3.47. The molecule has 0 spiro atoms. The molecule has 0 aromatic heterocycles. The lowest BCUT2D eigenvalue weighted by Gasteiger charge is -2.23. The monoisotopic (exact) mass is 159 g/mol. The Morgan fingerprint density at radius 1 is 1.50 bits per heavy atom. The molecule has 0 heterocycles. The van der Waals surface area contributed by atoms with Crippen molar-refractivity contribution >= 4 is 11.9 Å². The molecule has 0 aliphatic rings. The van der Waals surface area contributed by atoms with Crippen LogP contribution in [0.2, 0.25) is 0 Å². The lowest BCUT2D eigenvalue weighted by atomic mass is 10.3. The van der Waals surface area contributed by atoms with E-state index in [4.69, 9.17) is 0 Å². The molecule has 0 aliphatic heterocycles. The molecule has 0 aromatic rings. The van der Waals surface area contributed by atoms with Crippen LogP contribution in [-0.4, -0.2) is 22.6 Å². The van der Waals surface area contributed by atoms with Crippen molar-refractivity contribution < 1.29 is 0 Å². The maximum absolute atomic E-state index is 3.68. The highest BCUT2D eigenvalue weighted by Crippen LogP contribution is 2.25. The molecule has 0 atom stereocenters. The fourth-order valence-corrected chi connectivity index (χ4v) is 1.80. The summed E-state index contributed by atoms with van der Waals surface area (Å²) in [6, 6.07) is 0. The molecule has 0 amide bonds. The zero-order valence-electron chi connectivity index (χ0n) is 7.35. The molecule has 0 radical (unpaired) electrons. The quantitative estimate of drug-likeness (QED) is 0.460. The largest absolute Gasteiger partial charge is 0.249 e. The van der Waals surface area contributed by atoms with Crippen molar-refractivity contribution in [3.63, 3.8) is 0 Å². The maximum Gasteiger partial charge on any atom is 0.0264 e. The first-order valence-corrected chi connectivity index (χ1v) is 4.24. The van der Waals surface area contributed by atoms with E-state index in [-0.39, 0.29) is 0 Å². The molecule has 0 rings (SSSR count). The average Bonchev–Trinajstić information content (AvgIpc) is 1.59. The van der Waals surface area contributed by atoms with E-state index in [0.717, 1.165) is 6.54 Å². The Morgan fingerprint density at radius 3 is 2.30 bits per heavy atom. The molecule has 0 aromatic carbocycles. The fourth-order valence-electron chi connectivity index (χ4n) is 0.687. The average molecular weight is 159 g/mol. The van der Waals surface area contributed by atoms with Gasteiger partial charge in [0.15, 0.2) is 0 Å². The second-order valence-electron chi connectivity index (χ2n) is 3.30. The van der Waals surface area contributed by atoms with Gasteiger partial charge in [-0.25, -0.2) is 4.31 Å². The molecule has 60 valence electrons. The Labute approximate surface area is 68.6 Å². The maximum atomic E-state index is 3.68. The molecule has 0 aliphatic carbocycles. The van der Waals surface area contributed by atoms with Crippen LogP contribution in [0, 0.1) is 0 Å². The minimum absolute atomic E-state index is 0.317. The van der Waals surface area contributed by atoms with Gasteiger partial charge in [-0.2, -0.15) is 0 Å². The highest BCUT2D eigenvalue weighted by Gasteiger charge is 2.12. The standard InChI is InChI=1S/C8H17NS/c1-6-7-9(5)10-8(2,3)4/h6H,1,7H2,2-5H3. The van der Waals surface area contributed by atoms with Crippen molar-refractivity contribution in [2.24, 2.45) is 0 Å². The molecule has 10 heavy (non-hydrogen) atoms. The summed E-state index contributed by atoms with van der Waals surface area (Å²) < 4.78 is 2.50. The third-order valence-corrected chi connectivity index (χ3v) is 1.82. The molecule has 2 heteroatoms. The van der Waals surface area contributed by atoms with Gasteiger partial charge in [0, 0.05) is 11.3 Å². The first kappa shape index (κ1) is 10.0. The van der Waals surface area contributed by atoms with Crippen LogP contribution in [0.3, 0.4) is 0 Å². The highest BCUT2D eigenvalue weighted by atomic mass is 32.2.